The highest BCUT2D eigenvalue weighted by Crippen LogP contribution is 2.09. The number of ether oxygens (including phenoxy) is 2. The molecule has 0 aromatic rings. The highest BCUT2D eigenvalue weighted by Gasteiger charge is 2.23. The van der Waals surface area contributed by atoms with Gasteiger partial charge in [0.25, 0.3) is 0 Å². The van der Waals surface area contributed by atoms with E-state index >= 15 is 0 Å². The molecule has 19 heavy (non-hydrogen) atoms. The van der Waals surface area contributed by atoms with Crippen molar-refractivity contribution in [2.45, 2.75) is 45.3 Å². The Bertz CT molecular complexity index is 220. The number of likely N-dealkylation sites (tertiary alicyclic amines) is 1. The van der Waals surface area contributed by atoms with Crippen molar-refractivity contribution in [3.8, 4) is 0 Å². The molecule has 1 aliphatic heterocycles. The van der Waals surface area contributed by atoms with Crippen molar-refractivity contribution in [1.82, 2.24) is 9.80 Å². The van der Waals surface area contributed by atoms with Crippen molar-refractivity contribution in [2.24, 2.45) is 0 Å². The van der Waals surface area contributed by atoms with Crippen LogP contribution in [0.25, 0.3) is 0 Å². The lowest BCUT2D eigenvalue weighted by Crippen LogP contribution is -2.49. The van der Waals surface area contributed by atoms with Crippen LogP contribution in [0.5, 0.6) is 0 Å². The van der Waals surface area contributed by atoms with Gasteiger partial charge in [0, 0.05) is 19.6 Å². The molecule has 1 saturated heterocycles. The highest BCUT2D eigenvalue weighted by atomic mass is 16.5. The van der Waals surface area contributed by atoms with E-state index in [1.165, 1.54) is 13.0 Å². The van der Waals surface area contributed by atoms with Crippen LogP contribution in [0.1, 0.15) is 33.1 Å². The van der Waals surface area contributed by atoms with Crippen LogP contribution < -0.4 is 0 Å². The highest BCUT2D eigenvalue weighted by molar-refractivity contribution is 4.77. The van der Waals surface area contributed by atoms with Crippen molar-refractivity contribution in [1.29, 1.82) is 0 Å². The van der Waals surface area contributed by atoms with Crippen molar-refractivity contribution in [3.63, 3.8) is 0 Å². The number of rotatable bonds is 11. The normalized spacial score (nSPS) is 18.8. The first-order chi connectivity index (χ1) is 9.15. The first-order valence-electron chi connectivity index (χ1n) is 7.76. The largest absolute Gasteiger partial charge is 0.376 e. The van der Waals surface area contributed by atoms with E-state index in [0.717, 1.165) is 45.7 Å². The summed E-state index contributed by atoms with van der Waals surface area (Å²) < 4.78 is 11.6. The zero-order valence-corrected chi connectivity index (χ0v) is 13.2. The summed E-state index contributed by atoms with van der Waals surface area (Å²) in [6.07, 6.45) is 4.25. The van der Waals surface area contributed by atoms with Gasteiger partial charge in [-0.1, -0.05) is 13.8 Å². The molecule has 1 unspecified atom stereocenters. The number of likely N-dealkylation sites (N-methyl/N-ethyl adjacent to an activating group) is 1. The van der Waals surface area contributed by atoms with Gasteiger partial charge < -0.3 is 19.3 Å². The third kappa shape index (κ3) is 7.25. The Morgan fingerprint density at radius 2 is 1.95 bits per heavy atom. The minimum absolute atomic E-state index is 0.381. The minimum atomic E-state index is 0.381. The number of nitrogens with zero attached hydrogens (tertiary/aromatic N) is 2. The molecule has 0 aromatic heterocycles. The minimum Gasteiger partial charge on any atom is -0.376 e. The van der Waals surface area contributed by atoms with Gasteiger partial charge in [0.15, 0.2) is 0 Å². The summed E-state index contributed by atoms with van der Waals surface area (Å²) in [7, 11) is 4.31. The van der Waals surface area contributed by atoms with Gasteiger partial charge in [-0.15, -0.1) is 0 Å². The summed E-state index contributed by atoms with van der Waals surface area (Å²) in [5, 5.41) is 0. The van der Waals surface area contributed by atoms with Crippen molar-refractivity contribution in [3.05, 3.63) is 0 Å². The predicted octanol–water partition coefficient (Wildman–Crippen LogP) is 1.84. The fourth-order valence-electron chi connectivity index (χ4n) is 2.44. The summed E-state index contributed by atoms with van der Waals surface area (Å²) in [4.78, 5) is 4.65. The van der Waals surface area contributed by atoms with E-state index in [4.69, 9.17) is 9.47 Å². The van der Waals surface area contributed by atoms with Crippen molar-refractivity contribution >= 4 is 0 Å². The Morgan fingerprint density at radius 1 is 1.21 bits per heavy atom. The second-order valence-electron chi connectivity index (χ2n) is 5.71. The molecule has 0 radical (unpaired) electrons. The molecular weight excluding hydrogens is 240 g/mol. The SMILES string of the molecule is CCCN(C)CCC(CC)OCCOC1CN(C)C1. The Hall–Kier alpha value is -0.160. The topological polar surface area (TPSA) is 24.9 Å². The summed E-state index contributed by atoms with van der Waals surface area (Å²) >= 11 is 0. The molecule has 0 spiro atoms. The van der Waals surface area contributed by atoms with Gasteiger partial charge in [-0.3, -0.25) is 0 Å². The lowest BCUT2D eigenvalue weighted by Gasteiger charge is -2.35. The monoisotopic (exact) mass is 272 g/mol. The smallest absolute Gasteiger partial charge is 0.0829 e. The molecule has 4 nitrogen and oxygen atoms in total. The maximum absolute atomic E-state index is 5.90. The average Bonchev–Trinajstić information content (AvgIpc) is 2.35. The summed E-state index contributed by atoms with van der Waals surface area (Å²) in [5.41, 5.74) is 0. The lowest BCUT2D eigenvalue weighted by atomic mass is 10.2. The zero-order valence-electron chi connectivity index (χ0n) is 13.2. The van der Waals surface area contributed by atoms with Crippen LogP contribution in [0.4, 0.5) is 0 Å². The standard InChI is InChI=1S/C15H32N2O2/c1-5-8-16(3)9-7-14(6-2)18-10-11-19-15-12-17(4)13-15/h14-15H,5-13H2,1-4H3. The molecule has 1 rings (SSSR count). The van der Waals surface area contributed by atoms with E-state index in [9.17, 15) is 0 Å². The van der Waals surface area contributed by atoms with Gasteiger partial charge >= 0.3 is 0 Å². The van der Waals surface area contributed by atoms with E-state index in [1.54, 1.807) is 0 Å². The second kappa shape index (κ2) is 9.70. The van der Waals surface area contributed by atoms with Gasteiger partial charge in [-0.25, -0.2) is 0 Å². The van der Waals surface area contributed by atoms with Crippen LogP contribution in [0, 0.1) is 0 Å². The first kappa shape index (κ1) is 16.9. The number of hydrogen-bond donors (Lipinski definition) is 0. The Morgan fingerprint density at radius 3 is 2.53 bits per heavy atom. The molecule has 0 bridgehead atoms. The lowest BCUT2D eigenvalue weighted by molar-refractivity contribution is -0.0734. The quantitative estimate of drug-likeness (QED) is 0.536. The first-order valence-corrected chi connectivity index (χ1v) is 7.76. The maximum Gasteiger partial charge on any atom is 0.0829 e. The molecule has 4 heteroatoms. The third-order valence-electron chi connectivity index (χ3n) is 3.71. The van der Waals surface area contributed by atoms with Gasteiger partial charge in [0.1, 0.15) is 0 Å². The van der Waals surface area contributed by atoms with Crippen molar-refractivity contribution in [2.75, 3.05) is 53.5 Å². The van der Waals surface area contributed by atoms with Gasteiger partial charge in [0.2, 0.25) is 0 Å². The van der Waals surface area contributed by atoms with Crippen LogP contribution in [-0.4, -0.2) is 75.5 Å². The van der Waals surface area contributed by atoms with Crippen LogP contribution in [0.15, 0.2) is 0 Å². The second-order valence-corrected chi connectivity index (χ2v) is 5.71. The van der Waals surface area contributed by atoms with Gasteiger partial charge in [0.05, 0.1) is 25.4 Å². The van der Waals surface area contributed by atoms with Gasteiger partial charge in [-0.05, 0) is 39.9 Å². The number of hydrogen-bond acceptors (Lipinski definition) is 4. The molecule has 1 heterocycles. The summed E-state index contributed by atoms with van der Waals surface area (Å²) in [6, 6.07) is 0. The van der Waals surface area contributed by atoms with Crippen LogP contribution in [0.2, 0.25) is 0 Å². The van der Waals surface area contributed by atoms with Crippen LogP contribution >= 0.6 is 0 Å². The van der Waals surface area contributed by atoms with E-state index < -0.39 is 0 Å². The molecule has 114 valence electrons. The van der Waals surface area contributed by atoms with Crippen LogP contribution in [-0.2, 0) is 9.47 Å². The van der Waals surface area contributed by atoms with E-state index in [1.807, 2.05) is 0 Å². The molecular formula is C15H32N2O2. The molecule has 0 saturated carbocycles. The Balaban J connectivity index is 1.98. The van der Waals surface area contributed by atoms with Crippen LogP contribution in [0.3, 0.4) is 0 Å². The molecule has 1 aliphatic rings. The van der Waals surface area contributed by atoms with Crippen molar-refractivity contribution < 1.29 is 9.47 Å². The molecule has 0 aliphatic carbocycles. The van der Waals surface area contributed by atoms with E-state index in [0.29, 0.717) is 12.2 Å². The summed E-state index contributed by atoms with van der Waals surface area (Å²) in [6.45, 7) is 10.3. The predicted molar refractivity (Wildman–Crippen MR) is 79.7 cm³/mol. The molecule has 0 aromatic carbocycles. The average molecular weight is 272 g/mol. The summed E-state index contributed by atoms with van der Waals surface area (Å²) in [5.74, 6) is 0. The van der Waals surface area contributed by atoms with Gasteiger partial charge in [-0.2, -0.15) is 0 Å². The van der Waals surface area contributed by atoms with E-state index in [-0.39, 0.29) is 0 Å². The molecule has 1 atom stereocenters. The molecule has 0 N–H and O–H groups in total. The fraction of sp³-hybridized carbons (Fsp3) is 1.00. The third-order valence-corrected chi connectivity index (χ3v) is 3.71. The fourth-order valence-corrected chi connectivity index (χ4v) is 2.44. The zero-order chi connectivity index (χ0) is 14.1. The molecule has 0 amide bonds. The van der Waals surface area contributed by atoms with E-state index in [2.05, 4.69) is 37.7 Å². The Labute approximate surface area is 119 Å². The maximum atomic E-state index is 5.90. The Kier molecular flexibility index (Phi) is 8.62. The molecule has 1 fully saturated rings.